The quantitative estimate of drug-likeness (QED) is 0.909. The average Bonchev–Trinajstić information content (AvgIpc) is 2.35. The fourth-order valence-electron chi connectivity index (χ4n) is 2.42. The molecular weight excluding hydrogens is 328 g/mol. The molecule has 0 spiro atoms. The second-order valence-electron chi connectivity index (χ2n) is 5.25. The Bertz CT molecular complexity index is 539. The minimum Gasteiger partial charge on any atom is -0.495 e. The van der Waals surface area contributed by atoms with Crippen LogP contribution in [-0.4, -0.2) is 31.4 Å². The van der Waals surface area contributed by atoms with Gasteiger partial charge in [0.2, 0.25) is 0 Å². The first-order valence-corrected chi connectivity index (χ1v) is 7.04. The maximum Gasteiger partial charge on any atom is 0.304 e. The number of aliphatic carboxylic acids is 1. The maximum absolute atomic E-state index is 11.1. The van der Waals surface area contributed by atoms with Crippen molar-refractivity contribution in [3.63, 3.8) is 0 Å². The molecule has 0 saturated carbocycles. The lowest BCUT2D eigenvalue weighted by atomic mass is 9.80. The van der Waals surface area contributed by atoms with Crippen molar-refractivity contribution in [2.75, 3.05) is 20.3 Å². The third-order valence-corrected chi connectivity index (χ3v) is 3.80. The van der Waals surface area contributed by atoms with Crippen LogP contribution in [0.4, 0.5) is 0 Å². The Hall–Kier alpha value is -1.43. The zero-order chi connectivity index (χ0) is 14.9. The molecule has 0 fully saturated rings. The SMILES string of the molecule is COc1c(Br)cc2c(c1C(C)(C)CC(=O)O)OCCO2. The molecule has 2 rings (SSSR count). The van der Waals surface area contributed by atoms with Crippen LogP contribution in [0, 0.1) is 0 Å². The van der Waals surface area contributed by atoms with Crippen LogP contribution >= 0.6 is 15.9 Å². The molecule has 0 bridgehead atoms. The molecule has 5 nitrogen and oxygen atoms in total. The van der Waals surface area contributed by atoms with Gasteiger partial charge in [0.1, 0.15) is 19.0 Å². The number of halogens is 1. The minimum atomic E-state index is -0.873. The summed E-state index contributed by atoms with van der Waals surface area (Å²) < 4.78 is 17.4. The van der Waals surface area contributed by atoms with Gasteiger partial charge in [-0.05, 0) is 15.9 Å². The first kappa shape index (κ1) is 15.0. The highest BCUT2D eigenvalue weighted by Gasteiger charge is 2.35. The topological polar surface area (TPSA) is 65.0 Å². The second kappa shape index (κ2) is 5.52. The van der Waals surface area contributed by atoms with Crippen molar-refractivity contribution in [1.82, 2.24) is 0 Å². The van der Waals surface area contributed by atoms with Gasteiger partial charge in [-0.25, -0.2) is 0 Å². The van der Waals surface area contributed by atoms with E-state index in [0.29, 0.717) is 36.0 Å². The summed E-state index contributed by atoms with van der Waals surface area (Å²) in [6.07, 6.45) is -0.0321. The van der Waals surface area contributed by atoms with Crippen LogP contribution in [0.15, 0.2) is 10.5 Å². The summed E-state index contributed by atoms with van der Waals surface area (Å²) in [4.78, 5) is 11.1. The van der Waals surface area contributed by atoms with Gasteiger partial charge in [-0.1, -0.05) is 13.8 Å². The highest BCUT2D eigenvalue weighted by molar-refractivity contribution is 9.10. The molecule has 0 unspecified atom stereocenters. The first-order valence-electron chi connectivity index (χ1n) is 6.25. The lowest BCUT2D eigenvalue weighted by Gasteiger charge is -2.31. The van der Waals surface area contributed by atoms with Crippen LogP contribution in [0.2, 0.25) is 0 Å². The molecule has 20 heavy (non-hydrogen) atoms. The molecule has 0 aromatic heterocycles. The van der Waals surface area contributed by atoms with Crippen LogP contribution in [0.25, 0.3) is 0 Å². The van der Waals surface area contributed by atoms with E-state index in [9.17, 15) is 4.79 Å². The van der Waals surface area contributed by atoms with Crippen molar-refractivity contribution in [3.8, 4) is 17.2 Å². The number of hydrogen-bond donors (Lipinski definition) is 1. The van der Waals surface area contributed by atoms with Crippen molar-refractivity contribution in [2.45, 2.75) is 25.7 Å². The van der Waals surface area contributed by atoms with Crippen LogP contribution < -0.4 is 14.2 Å². The Labute approximate surface area is 126 Å². The van der Waals surface area contributed by atoms with Gasteiger partial charge in [-0.3, -0.25) is 4.79 Å². The summed E-state index contributed by atoms with van der Waals surface area (Å²) in [7, 11) is 1.55. The molecule has 1 N–H and O–H groups in total. The summed E-state index contributed by atoms with van der Waals surface area (Å²) in [6.45, 7) is 4.62. The number of carbonyl (C=O) groups is 1. The second-order valence-corrected chi connectivity index (χ2v) is 6.10. The van der Waals surface area contributed by atoms with E-state index in [1.807, 2.05) is 13.8 Å². The van der Waals surface area contributed by atoms with Crippen LogP contribution in [0.3, 0.4) is 0 Å². The molecule has 0 radical (unpaired) electrons. The number of methoxy groups -OCH3 is 1. The smallest absolute Gasteiger partial charge is 0.304 e. The highest BCUT2D eigenvalue weighted by Crippen LogP contribution is 2.50. The van der Waals surface area contributed by atoms with Crippen molar-refractivity contribution in [2.24, 2.45) is 0 Å². The van der Waals surface area contributed by atoms with Crippen molar-refractivity contribution < 1.29 is 24.1 Å². The van der Waals surface area contributed by atoms with Crippen molar-refractivity contribution >= 4 is 21.9 Å². The number of carboxylic acids is 1. The van der Waals surface area contributed by atoms with E-state index in [4.69, 9.17) is 19.3 Å². The fourth-order valence-corrected chi connectivity index (χ4v) is 2.99. The van der Waals surface area contributed by atoms with Crippen LogP contribution in [0.1, 0.15) is 25.8 Å². The standard InChI is InChI=1S/C14H17BrO5/c1-14(2,7-10(16)17)11-12(18-3)8(15)6-9-13(11)20-5-4-19-9/h6H,4-5,7H2,1-3H3,(H,16,17). The average molecular weight is 345 g/mol. The molecule has 1 aromatic carbocycles. The van der Waals surface area contributed by atoms with E-state index in [2.05, 4.69) is 15.9 Å². The molecule has 1 aromatic rings. The maximum atomic E-state index is 11.1. The van der Waals surface area contributed by atoms with Gasteiger partial charge in [-0.15, -0.1) is 0 Å². The third-order valence-electron chi connectivity index (χ3n) is 3.21. The largest absolute Gasteiger partial charge is 0.495 e. The zero-order valence-electron chi connectivity index (χ0n) is 11.7. The summed E-state index contributed by atoms with van der Waals surface area (Å²) >= 11 is 3.44. The summed E-state index contributed by atoms with van der Waals surface area (Å²) in [6, 6.07) is 1.79. The number of benzene rings is 1. The van der Waals surface area contributed by atoms with Crippen LogP contribution in [-0.2, 0) is 10.2 Å². The fraction of sp³-hybridized carbons (Fsp3) is 0.500. The Morgan fingerprint density at radius 3 is 2.70 bits per heavy atom. The number of hydrogen-bond acceptors (Lipinski definition) is 4. The molecule has 1 aliphatic rings. The number of fused-ring (bicyclic) bond motifs is 1. The van der Waals surface area contributed by atoms with E-state index >= 15 is 0 Å². The molecule has 0 aliphatic carbocycles. The van der Waals surface area contributed by atoms with Gasteiger partial charge in [0.15, 0.2) is 11.5 Å². The molecular formula is C14H17BrO5. The molecule has 0 saturated heterocycles. The lowest BCUT2D eigenvalue weighted by molar-refractivity contribution is -0.138. The third kappa shape index (κ3) is 2.70. The van der Waals surface area contributed by atoms with E-state index in [0.717, 1.165) is 4.47 Å². The van der Waals surface area contributed by atoms with Gasteiger partial charge in [0.25, 0.3) is 0 Å². The summed E-state index contributed by atoms with van der Waals surface area (Å²) in [5, 5.41) is 9.12. The molecule has 110 valence electrons. The van der Waals surface area contributed by atoms with E-state index in [-0.39, 0.29) is 6.42 Å². The number of ether oxygens (including phenoxy) is 3. The van der Waals surface area contributed by atoms with Gasteiger partial charge in [0, 0.05) is 17.0 Å². The van der Waals surface area contributed by atoms with E-state index < -0.39 is 11.4 Å². The first-order chi connectivity index (χ1) is 9.36. The van der Waals surface area contributed by atoms with Gasteiger partial charge in [-0.2, -0.15) is 0 Å². The highest BCUT2D eigenvalue weighted by atomic mass is 79.9. The normalized spacial score (nSPS) is 14.0. The summed E-state index contributed by atoms with van der Waals surface area (Å²) in [5.74, 6) is 0.892. The van der Waals surface area contributed by atoms with Gasteiger partial charge in [0.05, 0.1) is 18.0 Å². The Balaban J connectivity index is 2.65. The Morgan fingerprint density at radius 1 is 1.45 bits per heavy atom. The van der Waals surface area contributed by atoms with E-state index in [1.54, 1.807) is 13.2 Å². The zero-order valence-corrected chi connectivity index (χ0v) is 13.2. The number of carboxylic acid groups (broad SMARTS) is 1. The molecule has 0 atom stereocenters. The Morgan fingerprint density at radius 2 is 2.10 bits per heavy atom. The van der Waals surface area contributed by atoms with E-state index in [1.165, 1.54) is 0 Å². The van der Waals surface area contributed by atoms with Gasteiger partial charge >= 0.3 is 5.97 Å². The van der Waals surface area contributed by atoms with Crippen molar-refractivity contribution in [1.29, 1.82) is 0 Å². The van der Waals surface area contributed by atoms with Crippen LogP contribution in [0.5, 0.6) is 17.2 Å². The Kier molecular flexibility index (Phi) is 4.13. The van der Waals surface area contributed by atoms with Gasteiger partial charge < -0.3 is 19.3 Å². The predicted molar refractivity (Wildman–Crippen MR) is 77.0 cm³/mol. The number of rotatable bonds is 4. The lowest BCUT2D eigenvalue weighted by Crippen LogP contribution is -2.26. The molecule has 0 amide bonds. The molecule has 6 heteroatoms. The minimum absolute atomic E-state index is 0.0321. The monoisotopic (exact) mass is 344 g/mol. The van der Waals surface area contributed by atoms with Crippen molar-refractivity contribution in [3.05, 3.63) is 16.1 Å². The molecule has 1 heterocycles. The summed E-state index contributed by atoms with van der Waals surface area (Å²) in [5.41, 5.74) is 0.0672. The molecule has 1 aliphatic heterocycles. The predicted octanol–water partition coefficient (Wildman–Crippen LogP) is 2.98.